The Kier molecular flexibility index (Phi) is 3.27. The Morgan fingerprint density at radius 2 is 2.35 bits per heavy atom. The lowest BCUT2D eigenvalue weighted by molar-refractivity contribution is 0.0912. The molecule has 2 aromatic heterocycles. The van der Waals surface area contributed by atoms with Crippen LogP contribution in [0.2, 0.25) is 0 Å². The van der Waals surface area contributed by atoms with E-state index in [1.54, 1.807) is 6.07 Å². The summed E-state index contributed by atoms with van der Waals surface area (Å²) in [5, 5.41) is 10.1. The molecule has 1 atom stereocenters. The van der Waals surface area contributed by atoms with Gasteiger partial charge in [-0.3, -0.25) is 9.89 Å². The molecule has 0 bridgehead atoms. The summed E-state index contributed by atoms with van der Waals surface area (Å²) in [6.45, 7) is 1.82. The first-order valence-electron chi connectivity index (χ1n) is 5.99. The van der Waals surface area contributed by atoms with E-state index in [4.69, 9.17) is 4.42 Å². The number of amides is 1. The second kappa shape index (κ2) is 5.09. The van der Waals surface area contributed by atoms with Gasteiger partial charge in [0.05, 0.1) is 10.5 Å². The molecular formula is C13H11BrN4O2. The van der Waals surface area contributed by atoms with Crippen LogP contribution in [-0.2, 0) is 0 Å². The van der Waals surface area contributed by atoms with Gasteiger partial charge in [-0.05, 0) is 35.0 Å². The monoisotopic (exact) mass is 334 g/mol. The summed E-state index contributed by atoms with van der Waals surface area (Å²) in [5.41, 5.74) is 0.657. The fourth-order valence-corrected chi connectivity index (χ4v) is 2.36. The van der Waals surface area contributed by atoms with Crippen LogP contribution in [-0.4, -0.2) is 21.1 Å². The number of rotatable bonds is 3. The van der Waals surface area contributed by atoms with Gasteiger partial charge >= 0.3 is 0 Å². The molecule has 0 spiro atoms. The number of carbonyl (C=O) groups is 1. The highest BCUT2D eigenvalue weighted by atomic mass is 79.9. The molecule has 0 radical (unpaired) electrons. The smallest absolute Gasteiger partial charge is 0.287 e. The molecule has 0 aliphatic heterocycles. The van der Waals surface area contributed by atoms with Gasteiger partial charge in [-0.1, -0.05) is 12.1 Å². The predicted octanol–water partition coefficient (Wildman–Crippen LogP) is 2.80. The first-order valence-corrected chi connectivity index (χ1v) is 6.78. The molecule has 2 N–H and O–H groups in total. The third-order valence-electron chi connectivity index (χ3n) is 2.91. The van der Waals surface area contributed by atoms with Crippen LogP contribution in [0, 0.1) is 0 Å². The van der Waals surface area contributed by atoms with Gasteiger partial charge in [-0.15, -0.1) is 0 Å². The third kappa shape index (κ3) is 2.32. The van der Waals surface area contributed by atoms with Gasteiger partial charge in [0, 0.05) is 5.39 Å². The van der Waals surface area contributed by atoms with Crippen molar-refractivity contribution in [3.63, 3.8) is 0 Å². The molecule has 0 aliphatic carbocycles. The number of fused-ring (bicyclic) bond motifs is 1. The summed E-state index contributed by atoms with van der Waals surface area (Å²) in [6.07, 6.45) is 1.40. The van der Waals surface area contributed by atoms with Crippen LogP contribution in [0.25, 0.3) is 11.0 Å². The van der Waals surface area contributed by atoms with Crippen molar-refractivity contribution in [3.8, 4) is 0 Å². The van der Waals surface area contributed by atoms with Gasteiger partial charge in [0.1, 0.15) is 17.7 Å². The van der Waals surface area contributed by atoms with Gasteiger partial charge in [0.25, 0.3) is 5.91 Å². The van der Waals surface area contributed by atoms with Crippen molar-refractivity contribution in [3.05, 3.63) is 46.7 Å². The van der Waals surface area contributed by atoms with Gasteiger partial charge < -0.3 is 9.73 Å². The average Bonchev–Trinajstić information content (AvgIpc) is 3.08. The lowest BCUT2D eigenvalue weighted by atomic mass is 10.2. The number of nitrogens with zero attached hydrogens (tertiary/aromatic N) is 2. The topological polar surface area (TPSA) is 83.8 Å². The number of para-hydroxylation sites is 1. The lowest BCUT2D eigenvalue weighted by Gasteiger charge is -2.08. The molecule has 3 aromatic rings. The summed E-state index contributed by atoms with van der Waals surface area (Å²) >= 11 is 3.39. The molecule has 1 aromatic carbocycles. The number of hydrogen-bond donors (Lipinski definition) is 2. The minimum Gasteiger partial charge on any atom is -0.450 e. The normalized spacial score (nSPS) is 12.5. The fraction of sp³-hybridized carbons (Fsp3) is 0.154. The van der Waals surface area contributed by atoms with Crippen LogP contribution < -0.4 is 5.32 Å². The number of aromatic amines is 1. The molecule has 0 fully saturated rings. The van der Waals surface area contributed by atoms with Crippen molar-refractivity contribution in [1.29, 1.82) is 0 Å². The Labute approximate surface area is 122 Å². The molecule has 1 unspecified atom stereocenters. The van der Waals surface area contributed by atoms with E-state index in [0.717, 1.165) is 9.86 Å². The predicted molar refractivity (Wildman–Crippen MR) is 76.2 cm³/mol. The zero-order chi connectivity index (χ0) is 14.1. The van der Waals surface area contributed by atoms with E-state index in [1.165, 1.54) is 6.33 Å². The molecule has 0 saturated heterocycles. The Morgan fingerprint density at radius 1 is 1.50 bits per heavy atom. The molecule has 7 heteroatoms. The molecule has 20 heavy (non-hydrogen) atoms. The van der Waals surface area contributed by atoms with Crippen LogP contribution in [0.1, 0.15) is 29.3 Å². The Hall–Kier alpha value is -2.15. The van der Waals surface area contributed by atoms with E-state index in [0.29, 0.717) is 11.4 Å². The SMILES string of the molecule is CC(NC(=O)c1cc2cccc(Br)c2o1)c1ncn[nH]1. The standard InChI is InChI=1S/C13H11BrN4O2/c1-7(12-15-6-16-18-12)17-13(19)10-5-8-3-2-4-9(14)11(8)20-10/h2-7H,1H3,(H,17,19)(H,15,16,18). The highest BCUT2D eigenvalue weighted by molar-refractivity contribution is 9.10. The number of benzene rings is 1. The molecular weight excluding hydrogens is 324 g/mol. The lowest BCUT2D eigenvalue weighted by Crippen LogP contribution is -2.27. The Balaban J connectivity index is 1.84. The summed E-state index contributed by atoms with van der Waals surface area (Å²) in [4.78, 5) is 16.1. The van der Waals surface area contributed by atoms with Crippen molar-refractivity contribution in [1.82, 2.24) is 20.5 Å². The minimum atomic E-state index is -0.294. The van der Waals surface area contributed by atoms with Crippen LogP contribution >= 0.6 is 15.9 Å². The van der Waals surface area contributed by atoms with Crippen molar-refractivity contribution in [2.45, 2.75) is 13.0 Å². The number of furan rings is 1. The van der Waals surface area contributed by atoms with E-state index in [9.17, 15) is 4.79 Å². The van der Waals surface area contributed by atoms with Gasteiger partial charge in [-0.25, -0.2) is 4.98 Å². The van der Waals surface area contributed by atoms with E-state index in [-0.39, 0.29) is 17.7 Å². The van der Waals surface area contributed by atoms with Gasteiger partial charge in [0.2, 0.25) is 0 Å². The van der Waals surface area contributed by atoms with Gasteiger partial charge in [-0.2, -0.15) is 5.10 Å². The van der Waals surface area contributed by atoms with Crippen LogP contribution in [0.15, 0.2) is 39.5 Å². The van der Waals surface area contributed by atoms with E-state index in [2.05, 4.69) is 36.4 Å². The van der Waals surface area contributed by atoms with E-state index < -0.39 is 0 Å². The quantitative estimate of drug-likeness (QED) is 0.771. The number of nitrogens with one attached hydrogen (secondary N) is 2. The Bertz CT molecular complexity index is 751. The number of aromatic nitrogens is 3. The fourth-order valence-electron chi connectivity index (χ4n) is 1.90. The largest absolute Gasteiger partial charge is 0.450 e. The summed E-state index contributed by atoms with van der Waals surface area (Å²) in [5.74, 6) is 0.561. The molecule has 0 aliphatic rings. The minimum absolute atomic E-state index is 0.262. The zero-order valence-electron chi connectivity index (χ0n) is 10.6. The maximum absolute atomic E-state index is 12.1. The van der Waals surface area contributed by atoms with Crippen molar-refractivity contribution in [2.75, 3.05) is 0 Å². The highest BCUT2D eigenvalue weighted by Crippen LogP contribution is 2.27. The van der Waals surface area contributed by atoms with E-state index >= 15 is 0 Å². The number of halogens is 1. The second-order valence-corrected chi connectivity index (χ2v) is 5.19. The first kappa shape index (κ1) is 12.9. The summed E-state index contributed by atoms with van der Waals surface area (Å²) in [7, 11) is 0. The zero-order valence-corrected chi connectivity index (χ0v) is 12.1. The van der Waals surface area contributed by atoms with E-state index in [1.807, 2.05) is 25.1 Å². The van der Waals surface area contributed by atoms with Crippen molar-refractivity contribution in [2.24, 2.45) is 0 Å². The van der Waals surface area contributed by atoms with Crippen molar-refractivity contribution < 1.29 is 9.21 Å². The van der Waals surface area contributed by atoms with Crippen LogP contribution in [0.3, 0.4) is 0 Å². The molecule has 3 rings (SSSR count). The van der Waals surface area contributed by atoms with Gasteiger partial charge in [0.15, 0.2) is 5.76 Å². The second-order valence-electron chi connectivity index (χ2n) is 4.33. The van der Waals surface area contributed by atoms with Crippen molar-refractivity contribution >= 4 is 32.8 Å². The maximum atomic E-state index is 12.1. The highest BCUT2D eigenvalue weighted by Gasteiger charge is 2.17. The average molecular weight is 335 g/mol. The molecule has 0 saturated carbocycles. The first-order chi connectivity index (χ1) is 9.65. The molecule has 2 heterocycles. The number of H-pyrrole nitrogens is 1. The Morgan fingerprint density at radius 3 is 3.05 bits per heavy atom. The molecule has 1 amide bonds. The maximum Gasteiger partial charge on any atom is 0.287 e. The third-order valence-corrected chi connectivity index (χ3v) is 3.54. The number of hydrogen-bond acceptors (Lipinski definition) is 4. The molecule has 102 valence electrons. The van der Waals surface area contributed by atoms with Crippen LogP contribution in [0.4, 0.5) is 0 Å². The summed E-state index contributed by atoms with van der Waals surface area (Å²) in [6, 6.07) is 7.08. The number of carbonyl (C=O) groups excluding carboxylic acids is 1. The molecule has 6 nitrogen and oxygen atoms in total. The van der Waals surface area contributed by atoms with Crippen LogP contribution in [0.5, 0.6) is 0 Å². The summed E-state index contributed by atoms with van der Waals surface area (Å²) < 4.78 is 6.39.